The molecule has 0 aliphatic rings. The van der Waals surface area contributed by atoms with Crippen LogP contribution in [0.25, 0.3) is 6.08 Å². The first-order chi connectivity index (χ1) is 9.97. The van der Waals surface area contributed by atoms with Crippen molar-refractivity contribution in [3.8, 4) is 11.5 Å². The zero-order valence-electron chi connectivity index (χ0n) is 13.0. The number of alkyl halides is 2. The van der Waals surface area contributed by atoms with Gasteiger partial charge in [-0.25, -0.2) is 0 Å². The topological polar surface area (TPSA) is 30.5 Å². The van der Waals surface area contributed by atoms with E-state index in [9.17, 15) is 8.78 Å². The molecule has 0 radical (unpaired) electrons. The molecule has 0 unspecified atom stereocenters. The Morgan fingerprint density at radius 3 is 2.57 bits per heavy atom. The molecule has 1 N–H and O–H groups in total. The lowest BCUT2D eigenvalue weighted by Gasteiger charge is -2.14. The van der Waals surface area contributed by atoms with Crippen molar-refractivity contribution in [2.45, 2.75) is 39.8 Å². The van der Waals surface area contributed by atoms with Crippen LogP contribution >= 0.6 is 0 Å². The predicted molar refractivity (Wildman–Crippen MR) is 81.0 cm³/mol. The Hall–Kier alpha value is -1.62. The number of para-hydroxylation sites is 1. The molecule has 1 aromatic carbocycles. The monoisotopic (exact) mass is 299 g/mol. The third-order valence-electron chi connectivity index (χ3n) is 2.99. The van der Waals surface area contributed by atoms with Crippen molar-refractivity contribution >= 4 is 6.08 Å². The van der Waals surface area contributed by atoms with Gasteiger partial charge in [0.1, 0.15) is 0 Å². The van der Waals surface area contributed by atoms with Gasteiger partial charge in [-0.2, -0.15) is 8.78 Å². The fraction of sp³-hybridized carbons (Fsp3) is 0.500. The summed E-state index contributed by atoms with van der Waals surface area (Å²) in [4.78, 5) is 0. The maximum absolute atomic E-state index is 12.6. The van der Waals surface area contributed by atoms with Gasteiger partial charge >= 0.3 is 6.61 Å². The summed E-state index contributed by atoms with van der Waals surface area (Å²) in [6.07, 6.45) is 2.70. The quantitative estimate of drug-likeness (QED) is 0.784. The minimum Gasteiger partial charge on any atom is -0.493 e. The summed E-state index contributed by atoms with van der Waals surface area (Å²) < 4.78 is 34.9. The number of hydrogen-bond acceptors (Lipinski definition) is 3. The van der Waals surface area contributed by atoms with Crippen molar-refractivity contribution in [3.63, 3.8) is 0 Å². The first-order valence-corrected chi connectivity index (χ1v) is 7.02. The van der Waals surface area contributed by atoms with Gasteiger partial charge < -0.3 is 14.8 Å². The molecule has 0 heterocycles. The molecule has 0 aliphatic carbocycles. The third kappa shape index (κ3) is 5.71. The second-order valence-corrected chi connectivity index (χ2v) is 4.95. The van der Waals surface area contributed by atoms with E-state index in [0.717, 1.165) is 12.0 Å². The highest BCUT2D eigenvalue weighted by Crippen LogP contribution is 2.34. The summed E-state index contributed by atoms with van der Waals surface area (Å²) in [6.45, 7) is 3.97. The number of ether oxygens (including phenoxy) is 2. The minimum absolute atomic E-state index is 0.0745. The van der Waals surface area contributed by atoms with Crippen LogP contribution in [0.3, 0.4) is 0 Å². The molecular formula is C16H23F2NO2. The van der Waals surface area contributed by atoms with Crippen LogP contribution in [0.15, 0.2) is 23.8 Å². The van der Waals surface area contributed by atoms with Crippen LogP contribution in [-0.4, -0.2) is 26.3 Å². The molecule has 0 atom stereocenters. The summed E-state index contributed by atoms with van der Waals surface area (Å²) in [6, 6.07) is 5.46. The second-order valence-electron chi connectivity index (χ2n) is 4.95. The molecule has 0 amide bonds. The van der Waals surface area contributed by atoms with Gasteiger partial charge in [0.05, 0.1) is 7.11 Å². The number of hydrogen-bond donors (Lipinski definition) is 1. The van der Waals surface area contributed by atoms with Crippen molar-refractivity contribution in [2.24, 2.45) is 0 Å². The van der Waals surface area contributed by atoms with Crippen molar-refractivity contribution in [1.29, 1.82) is 0 Å². The van der Waals surface area contributed by atoms with Crippen molar-refractivity contribution < 1.29 is 18.3 Å². The van der Waals surface area contributed by atoms with Gasteiger partial charge in [-0.3, -0.25) is 0 Å². The normalized spacial score (nSPS) is 12.1. The molecule has 21 heavy (non-hydrogen) atoms. The molecule has 1 aromatic rings. The third-order valence-corrected chi connectivity index (χ3v) is 2.99. The predicted octanol–water partition coefficient (Wildman–Crippen LogP) is 4.09. The Balaban J connectivity index is 3.09. The summed E-state index contributed by atoms with van der Waals surface area (Å²) in [5, 5.41) is 3.32. The summed E-state index contributed by atoms with van der Waals surface area (Å²) >= 11 is 0. The lowest BCUT2D eigenvalue weighted by molar-refractivity contribution is -0.0513. The highest BCUT2D eigenvalue weighted by molar-refractivity contribution is 5.64. The SMILES string of the molecule is CCC(=Cc1cccc(OC)c1OC(F)F)CNC(C)C. The van der Waals surface area contributed by atoms with Crippen LogP contribution in [-0.2, 0) is 0 Å². The molecular weight excluding hydrogens is 276 g/mol. The van der Waals surface area contributed by atoms with Gasteiger partial charge in [0.2, 0.25) is 0 Å². The van der Waals surface area contributed by atoms with Crippen molar-refractivity contribution in [2.75, 3.05) is 13.7 Å². The van der Waals surface area contributed by atoms with Gasteiger partial charge in [-0.1, -0.05) is 44.6 Å². The molecule has 3 nitrogen and oxygen atoms in total. The van der Waals surface area contributed by atoms with Crippen LogP contribution in [0, 0.1) is 0 Å². The summed E-state index contributed by atoms with van der Waals surface area (Å²) in [5.74, 6) is 0.377. The van der Waals surface area contributed by atoms with Crippen LogP contribution in [0.4, 0.5) is 8.78 Å². The van der Waals surface area contributed by atoms with E-state index in [1.165, 1.54) is 7.11 Å². The summed E-state index contributed by atoms with van der Waals surface area (Å²) in [5.41, 5.74) is 1.70. The number of benzene rings is 1. The maximum atomic E-state index is 12.6. The maximum Gasteiger partial charge on any atom is 0.387 e. The Kier molecular flexibility index (Phi) is 7.15. The van der Waals surface area contributed by atoms with Crippen LogP contribution in [0.5, 0.6) is 11.5 Å². The van der Waals surface area contributed by atoms with Crippen LogP contribution < -0.4 is 14.8 Å². The van der Waals surface area contributed by atoms with Crippen LogP contribution in [0.2, 0.25) is 0 Å². The Morgan fingerprint density at radius 2 is 2.05 bits per heavy atom. The zero-order valence-corrected chi connectivity index (χ0v) is 13.0. The number of rotatable bonds is 8. The molecule has 5 heteroatoms. The average molecular weight is 299 g/mol. The molecule has 0 aromatic heterocycles. The molecule has 0 spiro atoms. The minimum atomic E-state index is -2.88. The van der Waals surface area contributed by atoms with Gasteiger partial charge in [0.15, 0.2) is 11.5 Å². The highest BCUT2D eigenvalue weighted by atomic mass is 19.3. The average Bonchev–Trinajstić information content (AvgIpc) is 2.44. The zero-order chi connectivity index (χ0) is 15.8. The van der Waals surface area contributed by atoms with E-state index >= 15 is 0 Å². The standard InChI is InChI=1S/C16H23F2NO2/c1-5-12(10-19-11(2)3)9-13-7-6-8-14(20-4)15(13)21-16(17)18/h6-9,11,16,19H,5,10H2,1-4H3. The first kappa shape index (κ1) is 17.4. The molecule has 0 aliphatic heterocycles. The van der Waals surface area contributed by atoms with E-state index < -0.39 is 6.61 Å². The molecule has 0 fully saturated rings. The Morgan fingerprint density at radius 1 is 1.33 bits per heavy atom. The fourth-order valence-corrected chi connectivity index (χ4v) is 1.86. The molecule has 1 rings (SSSR count). The Bertz CT molecular complexity index is 473. The molecule has 0 saturated carbocycles. The summed E-state index contributed by atoms with van der Waals surface area (Å²) in [7, 11) is 1.43. The van der Waals surface area contributed by atoms with Crippen molar-refractivity contribution in [3.05, 3.63) is 29.3 Å². The van der Waals surface area contributed by atoms with E-state index in [-0.39, 0.29) is 5.75 Å². The number of methoxy groups -OCH3 is 1. The number of halogens is 2. The molecule has 0 bridgehead atoms. The lowest BCUT2D eigenvalue weighted by atomic mass is 10.1. The van der Waals surface area contributed by atoms with Crippen molar-refractivity contribution in [1.82, 2.24) is 5.32 Å². The van der Waals surface area contributed by atoms with E-state index in [1.807, 2.05) is 13.0 Å². The van der Waals surface area contributed by atoms with Gasteiger partial charge in [-0.05, 0) is 12.5 Å². The second kappa shape index (κ2) is 8.62. The first-order valence-electron chi connectivity index (χ1n) is 7.02. The highest BCUT2D eigenvalue weighted by Gasteiger charge is 2.14. The van der Waals surface area contributed by atoms with E-state index in [2.05, 4.69) is 23.9 Å². The fourth-order valence-electron chi connectivity index (χ4n) is 1.86. The van der Waals surface area contributed by atoms with Gasteiger partial charge in [-0.15, -0.1) is 0 Å². The van der Waals surface area contributed by atoms with E-state index in [0.29, 0.717) is 23.9 Å². The van der Waals surface area contributed by atoms with Gasteiger partial charge in [0.25, 0.3) is 0 Å². The largest absolute Gasteiger partial charge is 0.493 e. The van der Waals surface area contributed by atoms with E-state index in [4.69, 9.17) is 4.74 Å². The molecule has 0 saturated heterocycles. The smallest absolute Gasteiger partial charge is 0.387 e. The van der Waals surface area contributed by atoms with E-state index in [1.54, 1.807) is 18.2 Å². The Labute approximate surface area is 124 Å². The van der Waals surface area contributed by atoms with Crippen LogP contribution in [0.1, 0.15) is 32.8 Å². The van der Waals surface area contributed by atoms with Gasteiger partial charge in [0, 0.05) is 18.2 Å². The number of nitrogens with one attached hydrogen (secondary N) is 1. The molecule has 118 valence electrons. The lowest BCUT2D eigenvalue weighted by Crippen LogP contribution is -2.24.